The summed E-state index contributed by atoms with van der Waals surface area (Å²) in [6, 6.07) is 9.20. The van der Waals surface area contributed by atoms with Crippen molar-refractivity contribution in [2.24, 2.45) is 0 Å². The van der Waals surface area contributed by atoms with E-state index in [2.05, 4.69) is 20.9 Å². The lowest BCUT2D eigenvalue weighted by molar-refractivity contribution is -0.385. The average molecular weight is 328 g/mol. The van der Waals surface area contributed by atoms with Crippen molar-refractivity contribution in [3.8, 4) is 0 Å². The first-order valence-corrected chi connectivity index (χ1v) is 6.26. The molecule has 0 aliphatic rings. The molecule has 18 heavy (non-hydrogen) atoms. The van der Waals surface area contributed by atoms with Crippen LogP contribution in [0.2, 0.25) is 5.15 Å². The third-order valence-corrected chi connectivity index (χ3v) is 3.22. The van der Waals surface area contributed by atoms with Gasteiger partial charge in [0.05, 0.1) is 4.92 Å². The first kappa shape index (κ1) is 13.0. The SMILES string of the molecule is O=[N+]([O-])c1cc(Cc2ccc(Br)cc2)cnc1Cl. The molecule has 0 saturated heterocycles. The Hall–Kier alpha value is -1.46. The van der Waals surface area contributed by atoms with Crippen LogP contribution < -0.4 is 0 Å². The molecular formula is C12H8BrClN2O2. The minimum Gasteiger partial charge on any atom is -0.258 e. The number of pyridine rings is 1. The summed E-state index contributed by atoms with van der Waals surface area (Å²) in [5, 5.41) is 10.7. The number of rotatable bonds is 3. The van der Waals surface area contributed by atoms with E-state index in [-0.39, 0.29) is 10.8 Å². The average Bonchev–Trinajstić information content (AvgIpc) is 2.34. The van der Waals surface area contributed by atoms with Crippen LogP contribution in [0.1, 0.15) is 11.1 Å². The Balaban J connectivity index is 2.27. The molecule has 6 heteroatoms. The molecule has 0 unspecified atom stereocenters. The molecule has 0 N–H and O–H groups in total. The lowest BCUT2D eigenvalue weighted by Crippen LogP contribution is -1.95. The maximum absolute atomic E-state index is 10.7. The topological polar surface area (TPSA) is 56.0 Å². The van der Waals surface area contributed by atoms with E-state index >= 15 is 0 Å². The standard InChI is InChI=1S/C12H8BrClN2O2/c13-10-3-1-8(2-4-10)5-9-6-11(16(17)18)12(14)15-7-9/h1-4,6-7H,5H2. The molecule has 0 amide bonds. The maximum atomic E-state index is 10.7. The fourth-order valence-electron chi connectivity index (χ4n) is 1.54. The van der Waals surface area contributed by atoms with Crippen LogP contribution >= 0.6 is 27.5 Å². The molecule has 2 rings (SSSR count). The monoisotopic (exact) mass is 326 g/mol. The second-order valence-electron chi connectivity index (χ2n) is 3.71. The predicted molar refractivity (Wildman–Crippen MR) is 72.8 cm³/mol. The minimum absolute atomic E-state index is 0.0837. The molecule has 0 saturated carbocycles. The van der Waals surface area contributed by atoms with Gasteiger partial charge >= 0.3 is 5.69 Å². The Kier molecular flexibility index (Phi) is 3.93. The molecule has 0 spiro atoms. The fraction of sp³-hybridized carbons (Fsp3) is 0.0833. The second kappa shape index (κ2) is 5.46. The highest BCUT2D eigenvalue weighted by Crippen LogP contribution is 2.23. The zero-order valence-electron chi connectivity index (χ0n) is 9.14. The van der Waals surface area contributed by atoms with Gasteiger partial charge in [0.1, 0.15) is 0 Å². The summed E-state index contributed by atoms with van der Waals surface area (Å²) in [4.78, 5) is 14.0. The summed E-state index contributed by atoms with van der Waals surface area (Å²) in [6.07, 6.45) is 2.13. The summed E-state index contributed by atoms with van der Waals surface area (Å²) in [5.41, 5.74) is 1.65. The first-order chi connectivity index (χ1) is 8.56. The summed E-state index contributed by atoms with van der Waals surface area (Å²) in [7, 11) is 0. The Morgan fingerprint density at radius 3 is 2.56 bits per heavy atom. The molecule has 0 bridgehead atoms. The third-order valence-electron chi connectivity index (χ3n) is 2.40. The molecule has 0 aliphatic heterocycles. The number of nitrogens with zero attached hydrogens (tertiary/aromatic N) is 2. The van der Waals surface area contributed by atoms with Gasteiger partial charge in [0.15, 0.2) is 0 Å². The largest absolute Gasteiger partial charge is 0.306 e. The van der Waals surface area contributed by atoms with E-state index < -0.39 is 4.92 Å². The molecule has 0 atom stereocenters. The van der Waals surface area contributed by atoms with Gasteiger partial charge in [0.25, 0.3) is 0 Å². The van der Waals surface area contributed by atoms with Gasteiger partial charge in [-0.05, 0) is 29.7 Å². The van der Waals surface area contributed by atoms with Crippen LogP contribution in [0.4, 0.5) is 5.69 Å². The van der Waals surface area contributed by atoms with Crippen molar-refractivity contribution in [1.29, 1.82) is 0 Å². The van der Waals surface area contributed by atoms with E-state index in [1.807, 2.05) is 24.3 Å². The van der Waals surface area contributed by atoms with Crippen molar-refractivity contribution >= 4 is 33.2 Å². The minimum atomic E-state index is -0.527. The molecule has 92 valence electrons. The van der Waals surface area contributed by atoms with Gasteiger partial charge < -0.3 is 0 Å². The van der Waals surface area contributed by atoms with Crippen molar-refractivity contribution in [1.82, 2.24) is 4.98 Å². The zero-order chi connectivity index (χ0) is 13.1. The van der Waals surface area contributed by atoms with Gasteiger partial charge in [-0.25, -0.2) is 4.98 Å². The Labute approximate surface area is 117 Å². The van der Waals surface area contributed by atoms with Gasteiger partial charge in [-0.1, -0.05) is 39.7 Å². The fourth-order valence-corrected chi connectivity index (χ4v) is 1.98. The van der Waals surface area contributed by atoms with Gasteiger partial charge in [-0.2, -0.15) is 0 Å². The molecule has 1 heterocycles. The highest BCUT2D eigenvalue weighted by molar-refractivity contribution is 9.10. The van der Waals surface area contributed by atoms with Crippen molar-refractivity contribution in [2.45, 2.75) is 6.42 Å². The van der Waals surface area contributed by atoms with Crippen LogP contribution in [-0.4, -0.2) is 9.91 Å². The number of nitro groups is 1. The van der Waals surface area contributed by atoms with Gasteiger partial charge in [0.2, 0.25) is 5.15 Å². The van der Waals surface area contributed by atoms with Crippen LogP contribution in [0.3, 0.4) is 0 Å². The van der Waals surface area contributed by atoms with Crippen LogP contribution in [-0.2, 0) is 6.42 Å². The third kappa shape index (κ3) is 3.05. The molecular weight excluding hydrogens is 320 g/mol. The van der Waals surface area contributed by atoms with E-state index in [0.717, 1.165) is 15.6 Å². The number of benzene rings is 1. The summed E-state index contributed by atoms with van der Waals surface area (Å²) < 4.78 is 0.992. The molecule has 1 aromatic carbocycles. The first-order valence-electron chi connectivity index (χ1n) is 5.09. The number of hydrogen-bond donors (Lipinski definition) is 0. The number of aromatic nitrogens is 1. The summed E-state index contributed by atoms with van der Waals surface area (Å²) >= 11 is 9.01. The normalized spacial score (nSPS) is 10.3. The van der Waals surface area contributed by atoms with Gasteiger partial charge in [0, 0.05) is 16.7 Å². The van der Waals surface area contributed by atoms with E-state index in [9.17, 15) is 10.1 Å². The number of hydrogen-bond acceptors (Lipinski definition) is 3. The highest BCUT2D eigenvalue weighted by atomic mass is 79.9. The van der Waals surface area contributed by atoms with Crippen molar-refractivity contribution in [2.75, 3.05) is 0 Å². The van der Waals surface area contributed by atoms with Gasteiger partial charge in [-0.15, -0.1) is 0 Å². The quantitative estimate of drug-likeness (QED) is 0.486. The van der Waals surface area contributed by atoms with Crippen LogP contribution in [0.15, 0.2) is 41.0 Å². The van der Waals surface area contributed by atoms with Crippen LogP contribution in [0, 0.1) is 10.1 Å². The molecule has 1 aromatic heterocycles. The van der Waals surface area contributed by atoms with E-state index in [4.69, 9.17) is 11.6 Å². The molecule has 4 nitrogen and oxygen atoms in total. The van der Waals surface area contributed by atoms with Crippen LogP contribution in [0.5, 0.6) is 0 Å². The Morgan fingerprint density at radius 2 is 1.94 bits per heavy atom. The summed E-state index contributed by atoms with van der Waals surface area (Å²) in [6.45, 7) is 0. The highest BCUT2D eigenvalue weighted by Gasteiger charge is 2.14. The second-order valence-corrected chi connectivity index (χ2v) is 4.99. The maximum Gasteiger partial charge on any atom is 0.306 e. The zero-order valence-corrected chi connectivity index (χ0v) is 11.5. The molecule has 2 aromatic rings. The van der Waals surface area contributed by atoms with Crippen LogP contribution in [0.25, 0.3) is 0 Å². The van der Waals surface area contributed by atoms with E-state index in [0.29, 0.717) is 6.42 Å². The smallest absolute Gasteiger partial charge is 0.258 e. The lowest BCUT2D eigenvalue weighted by atomic mass is 10.1. The molecule has 0 fully saturated rings. The van der Waals surface area contributed by atoms with E-state index in [1.165, 1.54) is 6.07 Å². The lowest BCUT2D eigenvalue weighted by Gasteiger charge is -2.02. The van der Waals surface area contributed by atoms with Crippen molar-refractivity contribution < 1.29 is 4.92 Å². The summed E-state index contributed by atoms with van der Waals surface area (Å²) in [5.74, 6) is 0. The predicted octanol–water partition coefficient (Wildman–Crippen LogP) is 4.00. The molecule has 0 aliphatic carbocycles. The Bertz CT molecular complexity index is 587. The molecule has 0 radical (unpaired) electrons. The Morgan fingerprint density at radius 1 is 1.28 bits per heavy atom. The van der Waals surface area contributed by atoms with E-state index in [1.54, 1.807) is 6.20 Å². The van der Waals surface area contributed by atoms with Gasteiger partial charge in [-0.3, -0.25) is 10.1 Å². The van der Waals surface area contributed by atoms with Crippen molar-refractivity contribution in [3.05, 3.63) is 67.4 Å². The number of halogens is 2. The van der Waals surface area contributed by atoms with Crippen molar-refractivity contribution in [3.63, 3.8) is 0 Å².